The van der Waals surface area contributed by atoms with E-state index in [4.69, 9.17) is 4.74 Å². The molecular formula is C29H26FN3O2. The third-order valence-corrected chi connectivity index (χ3v) is 6.30. The molecule has 4 heterocycles. The van der Waals surface area contributed by atoms with E-state index < -0.39 is 0 Å². The Balaban J connectivity index is 1.28. The van der Waals surface area contributed by atoms with Crippen molar-refractivity contribution in [3.05, 3.63) is 124 Å². The normalized spacial score (nSPS) is 19.5. The molecule has 1 fully saturated rings. The number of nitrogens with zero attached hydrogens (tertiary/aromatic N) is 2. The number of ether oxygens (including phenoxy) is 1. The topological polar surface area (TPSA) is 54.5 Å². The van der Waals surface area contributed by atoms with E-state index in [9.17, 15) is 9.18 Å². The van der Waals surface area contributed by atoms with Gasteiger partial charge in [0.05, 0.1) is 24.2 Å². The highest BCUT2D eigenvalue weighted by molar-refractivity contribution is 5.95. The zero-order chi connectivity index (χ0) is 24.2. The first-order chi connectivity index (χ1) is 17.1. The molecule has 1 saturated heterocycles. The molecule has 5 nitrogen and oxygen atoms in total. The molecule has 5 rings (SSSR count). The summed E-state index contributed by atoms with van der Waals surface area (Å²) in [5, 5.41) is 3.01. The highest BCUT2D eigenvalue weighted by Gasteiger charge is 2.25. The highest BCUT2D eigenvalue weighted by Crippen LogP contribution is 2.32. The molecule has 3 aliphatic rings. The largest absolute Gasteiger partial charge is 0.381 e. The first-order valence-corrected chi connectivity index (χ1v) is 11.6. The van der Waals surface area contributed by atoms with Crippen molar-refractivity contribution in [2.24, 2.45) is 5.92 Å². The summed E-state index contributed by atoms with van der Waals surface area (Å²) in [6.07, 6.45) is 18.1. The fraction of sp³-hybridized carbons (Fsp3) is 0.172. The van der Waals surface area contributed by atoms with Crippen molar-refractivity contribution in [3.8, 4) is 0 Å². The highest BCUT2D eigenvalue weighted by atomic mass is 19.1. The summed E-state index contributed by atoms with van der Waals surface area (Å²) in [6.45, 7) is 3.65. The number of hydrogen-bond acceptors (Lipinski definition) is 4. The lowest BCUT2D eigenvalue weighted by atomic mass is 9.96. The molecule has 1 aromatic heterocycles. The first kappa shape index (κ1) is 22.7. The van der Waals surface area contributed by atoms with Crippen LogP contribution in [0.1, 0.15) is 35.0 Å². The van der Waals surface area contributed by atoms with E-state index in [-0.39, 0.29) is 11.7 Å². The van der Waals surface area contributed by atoms with Crippen LogP contribution in [-0.4, -0.2) is 29.0 Å². The van der Waals surface area contributed by atoms with E-state index in [0.29, 0.717) is 17.2 Å². The van der Waals surface area contributed by atoms with Crippen molar-refractivity contribution in [1.29, 1.82) is 0 Å². The second kappa shape index (κ2) is 10.1. The molecule has 1 amide bonds. The van der Waals surface area contributed by atoms with Gasteiger partial charge in [-0.25, -0.2) is 4.39 Å². The summed E-state index contributed by atoms with van der Waals surface area (Å²) < 4.78 is 18.6. The number of rotatable bonds is 5. The van der Waals surface area contributed by atoms with Gasteiger partial charge in [0.1, 0.15) is 5.82 Å². The van der Waals surface area contributed by atoms with Gasteiger partial charge in [-0.2, -0.15) is 0 Å². The van der Waals surface area contributed by atoms with E-state index >= 15 is 0 Å². The summed E-state index contributed by atoms with van der Waals surface area (Å²) in [5.41, 5.74) is 6.33. The summed E-state index contributed by atoms with van der Waals surface area (Å²) in [6, 6.07) is 10.3. The molecule has 1 atom stereocenters. The van der Waals surface area contributed by atoms with Crippen molar-refractivity contribution < 1.29 is 13.9 Å². The predicted molar refractivity (Wildman–Crippen MR) is 135 cm³/mol. The first-order valence-electron chi connectivity index (χ1n) is 11.6. The van der Waals surface area contributed by atoms with Crippen LogP contribution >= 0.6 is 0 Å². The number of fused-ring (bicyclic) bond motifs is 1. The molecule has 2 aromatic rings. The molecule has 35 heavy (non-hydrogen) atoms. The van der Waals surface area contributed by atoms with Crippen LogP contribution in [0.3, 0.4) is 0 Å². The predicted octanol–water partition coefficient (Wildman–Crippen LogP) is 5.60. The number of benzene rings is 1. The van der Waals surface area contributed by atoms with Gasteiger partial charge in [-0.3, -0.25) is 9.78 Å². The van der Waals surface area contributed by atoms with Crippen molar-refractivity contribution in [1.82, 2.24) is 15.2 Å². The Bertz CT molecular complexity index is 1290. The third-order valence-electron chi connectivity index (χ3n) is 6.30. The third kappa shape index (κ3) is 5.23. The van der Waals surface area contributed by atoms with Crippen LogP contribution in [-0.2, 0) is 4.74 Å². The zero-order valence-corrected chi connectivity index (χ0v) is 19.4. The van der Waals surface area contributed by atoms with E-state index in [1.54, 1.807) is 24.3 Å². The van der Waals surface area contributed by atoms with E-state index in [2.05, 4.69) is 40.4 Å². The zero-order valence-electron chi connectivity index (χ0n) is 19.4. The molecule has 1 N–H and O–H groups in total. The van der Waals surface area contributed by atoms with E-state index in [1.807, 2.05) is 36.6 Å². The number of carbonyl (C=O) groups excluding carboxylic acids is 1. The lowest BCUT2D eigenvalue weighted by Gasteiger charge is -2.28. The van der Waals surface area contributed by atoms with Crippen LogP contribution in [0.2, 0.25) is 0 Å². The fourth-order valence-electron chi connectivity index (χ4n) is 4.35. The van der Waals surface area contributed by atoms with Crippen LogP contribution in [0.15, 0.2) is 102 Å². The second-order valence-corrected chi connectivity index (χ2v) is 8.65. The molecule has 0 spiro atoms. The van der Waals surface area contributed by atoms with Crippen LogP contribution < -0.4 is 5.32 Å². The lowest BCUT2D eigenvalue weighted by Crippen LogP contribution is -2.27. The number of nitrogens with one attached hydrogen (secondary N) is 1. The quantitative estimate of drug-likeness (QED) is 0.622. The smallest absolute Gasteiger partial charge is 0.255 e. The van der Waals surface area contributed by atoms with Crippen molar-refractivity contribution in [2.45, 2.75) is 13.3 Å². The minimum Gasteiger partial charge on any atom is -0.381 e. The van der Waals surface area contributed by atoms with Crippen LogP contribution in [0.25, 0.3) is 12.2 Å². The van der Waals surface area contributed by atoms with Gasteiger partial charge < -0.3 is 15.0 Å². The maximum Gasteiger partial charge on any atom is 0.255 e. The van der Waals surface area contributed by atoms with Gasteiger partial charge in [-0.1, -0.05) is 30.4 Å². The average molecular weight is 468 g/mol. The number of amides is 1. The van der Waals surface area contributed by atoms with Gasteiger partial charge >= 0.3 is 0 Å². The Morgan fingerprint density at radius 3 is 2.74 bits per heavy atom. The summed E-state index contributed by atoms with van der Waals surface area (Å²) in [5.74, 6) is -0.152. The second-order valence-electron chi connectivity index (χ2n) is 8.65. The van der Waals surface area contributed by atoms with Gasteiger partial charge in [0.25, 0.3) is 5.91 Å². The van der Waals surface area contributed by atoms with E-state index in [1.165, 1.54) is 17.8 Å². The SMILES string of the molecule is CC1=C(C2CCOC2)C=CC=C2C=CC(NC(=O)c3ccc(/C=C/c4ccc(F)cn4)cc3)=CN21. The van der Waals surface area contributed by atoms with E-state index in [0.717, 1.165) is 42.3 Å². The molecule has 6 heteroatoms. The summed E-state index contributed by atoms with van der Waals surface area (Å²) in [4.78, 5) is 19.0. The summed E-state index contributed by atoms with van der Waals surface area (Å²) in [7, 11) is 0. The number of carbonyl (C=O) groups is 1. The molecule has 0 aliphatic carbocycles. The maximum absolute atomic E-state index is 13.0. The van der Waals surface area contributed by atoms with Crippen LogP contribution in [0, 0.1) is 11.7 Å². The molecule has 0 bridgehead atoms. The number of halogens is 1. The number of aromatic nitrogens is 1. The fourth-order valence-corrected chi connectivity index (χ4v) is 4.35. The van der Waals surface area contributed by atoms with Gasteiger partial charge in [0.15, 0.2) is 0 Å². The Morgan fingerprint density at radius 1 is 1.14 bits per heavy atom. The summed E-state index contributed by atoms with van der Waals surface area (Å²) >= 11 is 0. The number of pyridine rings is 1. The lowest BCUT2D eigenvalue weighted by molar-refractivity contribution is 0.0966. The average Bonchev–Trinajstić information content (AvgIpc) is 3.36. The monoisotopic (exact) mass is 467 g/mol. The maximum atomic E-state index is 13.0. The van der Waals surface area contributed by atoms with Gasteiger partial charge in [-0.15, -0.1) is 0 Å². The van der Waals surface area contributed by atoms with Crippen molar-refractivity contribution in [3.63, 3.8) is 0 Å². The Kier molecular flexibility index (Phi) is 6.55. The Hall–Kier alpha value is -4.03. The molecule has 3 aliphatic heterocycles. The molecular weight excluding hydrogens is 441 g/mol. The molecule has 0 radical (unpaired) electrons. The standard InChI is InChI=1S/C29H26FN3O2/c1-20-28(23-15-16-35-19-23)4-2-3-27-14-13-26(18-33(20)27)32-29(34)22-8-5-21(6-9-22)7-11-25-12-10-24(30)17-31-25/h2-14,17-18,23H,15-16,19H2,1H3,(H,32,34)/b11-7+. The Morgan fingerprint density at radius 2 is 2.00 bits per heavy atom. The van der Waals surface area contributed by atoms with Gasteiger partial charge in [0, 0.05) is 35.7 Å². The number of hydrogen-bond donors (Lipinski definition) is 1. The van der Waals surface area contributed by atoms with Crippen LogP contribution in [0.5, 0.6) is 0 Å². The Labute approximate surface area is 204 Å². The van der Waals surface area contributed by atoms with Crippen molar-refractivity contribution in [2.75, 3.05) is 13.2 Å². The van der Waals surface area contributed by atoms with Crippen molar-refractivity contribution >= 4 is 18.1 Å². The van der Waals surface area contributed by atoms with Gasteiger partial charge in [-0.05, 0) is 73.1 Å². The molecule has 0 saturated carbocycles. The van der Waals surface area contributed by atoms with Crippen LogP contribution in [0.4, 0.5) is 4.39 Å². The minimum atomic E-state index is -0.366. The number of allylic oxidation sites excluding steroid dienone is 6. The molecule has 1 aromatic carbocycles. The minimum absolute atomic E-state index is 0.178. The van der Waals surface area contributed by atoms with Gasteiger partial charge in [0.2, 0.25) is 0 Å². The molecule has 1 unspecified atom stereocenters. The molecule has 176 valence electrons.